The maximum absolute atomic E-state index is 6.01. The molecule has 1 aromatic heterocycles. The van der Waals surface area contributed by atoms with Crippen molar-refractivity contribution in [1.29, 1.82) is 0 Å². The third-order valence-corrected chi connectivity index (χ3v) is 3.02. The lowest BCUT2D eigenvalue weighted by atomic mass is 9.92. The van der Waals surface area contributed by atoms with Crippen molar-refractivity contribution in [3.63, 3.8) is 0 Å². The second-order valence-corrected chi connectivity index (χ2v) is 6.02. The first kappa shape index (κ1) is 12.2. The minimum Gasteiger partial charge on any atom is -0.396 e. The summed E-state index contributed by atoms with van der Waals surface area (Å²) in [5.41, 5.74) is 8.63. The minimum absolute atomic E-state index is 0.0403. The van der Waals surface area contributed by atoms with Crippen LogP contribution in [0, 0.1) is 0 Å². The van der Waals surface area contributed by atoms with Crippen LogP contribution in [0.25, 0.3) is 5.69 Å². The number of nitrogens with zero attached hydrogens (tertiary/aromatic N) is 2. The number of hydrogen-bond acceptors (Lipinski definition) is 2. The monoisotopic (exact) mass is 293 g/mol. The largest absolute Gasteiger partial charge is 0.396 e. The van der Waals surface area contributed by atoms with E-state index in [9.17, 15) is 0 Å². The van der Waals surface area contributed by atoms with Gasteiger partial charge < -0.3 is 5.73 Å². The Morgan fingerprint density at radius 1 is 1.29 bits per heavy atom. The van der Waals surface area contributed by atoms with Gasteiger partial charge in [-0.25, -0.2) is 4.68 Å². The summed E-state index contributed by atoms with van der Waals surface area (Å²) >= 11 is 3.45. The fourth-order valence-corrected chi connectivity index (χ4v) is 2.11. The van der Waals surface area contributed by atoms with Crippen molar-refractivity contribution in [2.24, 2.45) is 0 Å². The maximum Gasteiger partial charge on any atom is 0.0911 e. The maximum atomic E-state index is 6.01. The fourth-order valence-electron chi connectivity index (χ4n) is 1.72. The van der Waals surface area contributed by atoms with Crippen LogP contribution < -0.4 is 5.73 Å². The lowest BCUT2D eigenvalue weighted by Crippen LogP contribution is -2.14. The molecule has 2 rings (SSSR count). The van der Waals surface area contributed by atoms with Gasteiger partial charge in [-0.1, -0.05) is 42.8 Å². The standard InChI is InChI=1S/C13H16BrN3/c1-13(2,3)12-11(15)8-17(16-12)10-6-4-5-9(14)7-10/h4-8H,15H2,1-3H3. The van der Waals surface area contributed by atoms with Crippen LogP contribution in [0.2, 0.25) is 0 Å². The number of nitrogen functional groups attached to an aromatic ring is 1. The van der Waals surface area contributed by atoms with E-state index in [1.807, 2.05) is 35.1 Å². The first-order valence-corrected chi connectivity index (χ1v) is 6.29. The molecule has 0 aliphatic heterocycles. The Balaban J connectivity index is 2.49. The number of anilines is 1. The van der Waals surface area contributed by atoms with E-state index in [2.05, 4.69) is 41.8 Å². The summed E-state index contributed by atoms with van der Waals surface area (Å²) in [6.07, 6.45) is 1.86. The smallest absolute Gasteiger partial charge is 0.0911 e. The van der Waals surface area contributed by atoms with Crippen molar-refractivity contribution >= 4 is 21.6 Å². The van der Waals surface area contributed by atoms with Crippen molar-refractivity contribution in [3.8, 4) is 5.69 Å². The van der Waals surface area contributed by atoms with Gasteiger partial charge in [0.2, 0.25) is 0 Å². The molecule has 0 atom stereocenters. The number of halogens is 1. The molecule has 0 saturated heterocycles. The van der Waals surface area contributed by atoms with Gasteiger partial charge in [0, 0.05) is 9.89 Å². The van der Waals surface area contributed by atoms with Gasteiger partial charge in [0.05, 0.1) is 23.3 Å². The summed E-state index contributed by atoms with van der Waals surface area (Å²) in [5.74, 6) is 0. The molecule has 0 amide bonds. The molecule has 0 unspecified atom stereocenters. The molecule has 0 aliphatic rings. The van der Waals surface area contributed by atoms with E-state index in [4.69, 9.17) is 5.73 Å². The van der Waals surface area contributed by atoms with Crippen molar-refractivity contribution in [2.75, 3.05) is 5.73 Å². The predicted molar refractivity (Wildman–Crippen MR) is 74.4 cm³/mol. The quantitative estimate of drug-likeness (QED) is 0.874. The Labute approximate surface area is 110 Å². The SMILES string of the molecule is CC(C)(C)c1nn(-c2cccc(Br)c2)cc1N. The van der Waals surface area contributed by atoms with Gasteiger partial charge in [0.1, 0.15) is 0 Å². The third-order valence-electron chi connectivity index (χ3n) is 2.53. The number of rotatable bonds is 1. The lowest BCUT2D eigenvalue weighted by molar-refractivity contribution is 0.562. The summed E-state index contributed by atoms with van der Waals surface area (Å²) in [4.78, 5) is 0. The summed E-state index contributed by atoms with van der Waals surface area (Å²) in [7, 11) is 0. The van der Waals surface area contributed by atoms with Crippen LogP contribution in [0.15, 0.2) is 34.9 Å². The molecular weight excluding hydrogens is 278 g/mol. The van der Waals surface area contributed by atoms with Gasteiger partial charge in [0.25, 0.3) is 0 Å². The van der Waals surface area contributed by atoms with Crippen LogP contribution in [0.3, 0.4) is 0 Å². The zero-order chi connectivity index (χ0) is 12.6. The molecule has 17 heavy (non-hydrogen) atoms. The van der Waals surface area contributed by atoms with Gasteiger partial charge in [-0.3, -0.25) is 0 Å². The summed E-state index contributed by atoms with van der Waals surface area (Å²) in [6, 6.07) is 7.98. The second kappa shape index (κ2) is 4.18. The van der Waals surface area contributed by atoms with E-state index in [0.29, 0.717) is 0 Å². The van der Waals surface area contributed by atoms with Crippen molar-refractivity contribution in [3.05, 3.63) is 40.6 Å². The number of benzene rings is 1. The first-order chi connectivity index (χ1) is 7.88. The third kappa shape index (κ3) is 2.52. The van der Waals surface area contributed by atoms with Gasteiger partial charge >= 0.3 is 0 Å². The minimum atomic E-state index is -0.0403. The Morgan fingerprint density at radius 3 is 2.53 bits per heavy atom. The predicted octanol–water partition coefficient (Wildman–Crippen LogP) is 3.51. The highest BCUT2D eigenvalue weighted by Crippen LogP contribution is 2.27. The van der Waals surface area contributed by atoms with E-state index in [0.717, 1.165) is 21.5 Å². The van der Waals surface area contributed by atoms with Gasteiger partial charge in [-0.15, -0.1) is 0 Å². The summed E-state index contributed by atoms with van der Waals surface area (Å²) in [6.45, 7) is 6.32. The molecule has 3 nitrogen and oxygen atoms in total. The van der Waals surface area contributed by atoms with Crippen molar-refractivity contribution in [2.45, 2.75) is 26.2 Å². The average Bonchev–Trinajstić information content (AvgIpc) is 2.60. The molecule has 1 aromatic carbocycles. The molecule has 2 aromatic rings. The highest BCUT2D eigenvalue weighted by Gasteiger charge is 2.21. The lowest BCUT2D eigenvalue weighted by Gasteiger charge is -2.15. The van der Waals surface area contributed by atoms with Crippen molar-refractivity contribution in [1.82, 2.24) is 9.78 Å². The molecule has 4 heteroatoms. The molecule has 2 N–H and O–H groups in total. The second-order valence-electron chi connectivity index (χ2n) is 5.11. The Hall–Kier alpha value is -1.29. The van der Waals surface area contributed by atoms with E-state index >= 15 is 0 Å². The van der Waals surface area contributed by atoms with Crippen LogP contribution in [0.4, 0.5) is 5.69 Å². The zero-order valence-electron chi connectivity index (χ0n) is 10.2. The molecule has 1 heterocycles. The van der Waals surface area contributed by atoms with Gasteiger partial charge in [0.15, 0.2) is 0 Å². The van der Waals surface area contributed by atoms with E-state index in [-0.39, 0.29) is 5.41 Å². The number of aromatic nitrogens is 2. The van der Waals surface area contributed by atoms with E-state index in [1.54, 1.807) is 0 Å². The normalized spacial score (nSPS) is 11.8. The average molecular weight is 294 g/mol. The molecule has 0 radical (unpaired) electrons. The van der Waals surface area contributed by atoms with E-state index in [1.165, 1.54) is 0 Å². The van der Waals surface area contributed by atoms with E-state index < -0.39 is 0 Å². The molecule has 0 saturated carbocycles. The van der Waals surface area contributed by atoms with Crippen LogP contribution >= 0.6 is 15.9 Å². The van der Waals surface area contributed by atoms with Gasteiger partial charge in [-0.2, -0.15) is 5.10 Å². The molecule has 0 bridgehead atoms. The van der Waals surface area contributed by atoms with Crippen molar-refractivity contribution < 1.29 is 0 Å². The number of hydrogen-bond donors (Lipinski definition) is 1. The van der Waals surface area contributed by atoms with Crippen LogP contribution in [-0.4, -0.2) is 9.78 Å². The van der Waals surface area contributed by atoms with Gasteiger partial charge in [-0.05, 0) is 18.2 Å². The Morgan fingerprint density at radius 2 is 2.00 bits per heavy atom. The molecule has 90 valence electrons. The van der Waals surface area contributed by atoms with Crippen LogP contribution in [0.1, 0.15) is 26.5 Å². The highest BCUT2D eigenvalue weighted by molar-refractivity contribution is 9.10. The topological polar surface area (TPSA) is 43.8 Å². The molecule has 0 aliphatic carbocycles. The van der Waals surface area contributed by atoms with Crippen LogP contribution in [0.5, 0.6) is 0 Å². The molecule has 0 fully saturated rings. The number of nitrogens with two attached hydrogens (primary N) is 1. The molecule has 0 spiro atoms. The molecular formula is C13H16BrN3. The Kier molecular flexibility index (Phi) is 3.00. The van der Waals surface area contributed by atoms with Crippen LogP contribution in [-0.2, 0) is 5.41 Å². The summed E-state index contributed by atoms with van der Waals surface area (Å²) in [5, 5.41) is 4.56. The highest BCUT2D eigenvalue weighted by atomic mass is 79.9. The first-order valence-electron chi connectivity index (χ1n) is 5.49. The fraction of sp³-hybridized carbons (Fsp3) is 0.308. The Bertz CT molecular complexity index is 538. The zero-order valence-corrected chi connectivity index (χ0v) is 11.8. The summed E-state index contributed by atoms with van der Waals surface area (Å²) < 4.78 is 2.85.